The lowest BCUT2D eigenvalue weighted by Crippen LogP contribution is -2.19. The molecule has 1 amide bonds. The summed E-state index contributed by atoms with van der Waals surface area (Å²) >= 11 is 4.86. The van der Waals surface area contributed by atoms with Gasteiger partial charge in [0.1, 0.15) is 0 Å². The summed E-state index contributed by atoms with van der Waals surface area (Å²) in [4.78, 5) is 27.7. The van der Waals surface area contributed by atoms with E-state index < -0.39 is 0 Å². The van der Waals surface area contributed by atoms with Crippen LogP contribution in [0.1, 0.15) is 19.8 Å². The van der Waals surface area contributed by atoms with Crippen molar-refractivity contribution in [3.63, 3.8) is 0 Å². The zero-order valence-corrected chi connectivity index (χ0v) is 14.2. The predicted molar refractivity (Wildman–Crippen MR) is 85.0 cm³/mol. The van der Waals surface area contributed by atoms with Crippen LogP contribution in [0.3, 0.4) is 0 Å². The molecule has 1 aromatic heterocycles. The number of thiazole rings is 1. The van der Waals surface area contributed by atoms with Crippen molar-refractivity contribution in [2.24, 2.45) is 4.99 Å². The van der Waals surface area contributed by atoms with Crippen molar-refractivity contribution in [2.75, 3.05) is 7.11 Å². The van der Waals surface area contributed by atoms with E-state index in [0.717, 1.165) is 14.7 Å². The van der Waals surface area contributed by atoms with E-state index in [-0.39, 0.29) is 18.3 Å². The van der Waals surface area contributed by atoms with Gasteiger partial charge in [-0.1, -0.05) is 34.2 Å². The molecule has 0 saturated carbocycles. The predicted octanol–water partition coefficient (Wildman–Crippen LogP) is 2.87. The van der Waals surface area contributed by atoms with Crippen molar-refractivity contribution in [1.82, 2.24) is 4.57 Å². The first-order valence-electron chi connectivity index (χ1n) is 6.48. The molecule has 0 N–H and O–H groups in total. The van der Waals surface area contributed by atoms with Crippen LogP contribution in [0.4, 0.5) is 0 Å². The summed E-state index contributed by atoms with van der Waals surface area (Å²) in [5.41, 5.74) is 0.953. The molecule has 2 aromatic rings. The Bertz CT molecular complexity index is 748. The van der Waals surface area contributed by atoms with E-state index in [4.69, 9.17) is 0 Å². The zero-order chi connectivity index (χ0) is 15.4. The zero-order valence-electron chi connectivity index (χ0n) is 11.8. The summed E-state index contributed by atoms with van der Waals surface area (Å²) < 4.78 is 8.53. The largest absolute Gasteiger partial charge is 0.469 e. The van der Waals surface area contributed by atoms with Crippen molar-refractivity contribution < 1.29 is 14.3 Å². The average Bonchev–Trinajstić information content (AvgIpc) is 2.80. The second kappa shape index (κ2) is 7.00. The summed E-state index contributed by atoms with van der Waals surface area (Å²) in [5.74, 6) is -0.459. The lowest BCUT2D eigenvalue weighted by molar-refractivity contribution is -0.140. The lowest BCUT2D eigenvalue weighted by atomic mass is 10.3. The van der Waals surface area contributed by atoms with Gasteiger partial charge in [0.25, 0.3) is 0 Å². The molecule has 1 aromatic carbocycles. The highest BCUT2D eigenvalue weighted by Crippen LogP contribution is 2.22. The molecule has 0 spiro atoms. The van der Waals surface area contributed by atoms with Crippen LogP contribution in [0.5, 0.6) is 0 Å². The van der Waals surface area contributed by atoms with Gasteiger partial charge in [-0.2, -0.15) is 4.99 Å². The number of benzene rings is 1. The standard InChI is InChI=1S/C14H15BrN2O3S/c1-3-12(18)16-14-17(7-6-13(19)20-2)10-5-4-9(15)8-11(10)21-14/h4-5,8H,3,6-7H2,1-2H3. The number of carbonyl (C=O) groups is 2. The molecule has 0 radical (unpaired) electrons. The Balaban J connectivity index is 2.52. The molecule has 0 aliphatic heterocycles. The van der Waals surface area contributed by atoms with Crippen molar-refractivity contribution in [3.8, 4) is 0 Å². The minimum absolute atomic E-state index is 0.174. The van der Waals surface area contributed by atoms with Gasteiger partial charge in [-0.3, -0.25) is 9.59 Å². The topological polar surface area (TPSA) is 60.7 Å². The molecular formula is C14H15BrN2O3S. The SMILES string of the molecule is CCC(=O)N=c1sc2cc(Br)ccc2n1CCC(=O)OC. The van der Waals surface area contributed by atoms with Crippen LogP contribution in [-0.4, -0.2) is 23.6 Å². The third-order valence-corrected chi connectivity index (χ3v) is 4.47. The Kier molecular flexibility index (Phi) is 5.30. The van der Waals surface area contributed by atoms with Gasteiger partial charge in [0, 0.05) is 17.4 Å². The second-order valence-corrected chi connectivity index (χ2v) is 6.26. The number of ether oxygens (including phenoxy) is 1. The smallest absolute Gasteiger partial charge is 0.307 e. The fraction of sp³-hybridized carbons (Fsp3) is 0.357. The van der Waals surface area contributed by atoms with Crippen LogP contribution in [0.25, 0.3) is 10.2 Å². The number of fused-ring (bicyclic) bond motifs is 1. The first kappa shape index (κ1) is 15.9. The highest BCUT2D eigenvalue weighted by molar-refractivity contribution is 9.10. The first-order chi connectivity index (χ1) is 10.0. The molecule has 0 aliphatic carbocycles. The molecule has 7 heteroatoms. The number of aromatic nitrogens is 1. The van der Waals surface area contributed by atoms with E-state index in [1.54, 1.807) is 6.92 Å². The third kappa shape index (κ3) is 3.79. The highest BCUT2D eigenvalue weighted by atomic mass is 79.9. The van der Waals surface area contributed by atoms with E-state index in [1.807, 2.05) is 22.8 Å². The maximum Gasteiger partial charge on any atom is 0.307 e. The van der Waals surface area contributed by atoms with Gasteiger partial charge in [-0.05, 0) is 18.2 Å². The minimum Gasteiger partial charge on any atom is -0.469 e. The number of aryl methyl sites for hydroxylation is 1. The van der Waals surface area contributed by atoms with Crippen LogP contribution in [0, 0.1) is 0 Å². The van der Waals surface area contributed by atoms with Crippen LogP contribution in [-0.2, 0) is 20.9 Å². The number of carbonyl (C=O) groups excluding carboxylic acids is 2. The maximum atomic E-state index is 11.6. The number of hydrogen-bond donors (Lipinski definition) is 0. The minimum atomic E-state index is -0.285. The Morgan fingerprint density at radius 1 is 1.43 bits per heavy atom. The van der Waals surface area contributed by atoms with E-state index in [2.05, 4.69) is 25.7 Å². The number of methoxy groups -OCH3 is 1. The van der Waals surface area contributed by atoms with Crippen molar-refractivity contribution in [3.05, 3.63) is 27.5 Å². The van der Waals surface area contributed by atoms with Gasteiger partial charge in [-0.25, -0.2) is 0 Å². The Morgan fingerprint density at radius 2 is 2.19 bits per heavy atom. The Hall–Kier alpha value is -1.47. The van der Waals surface area contributed by atoms with Gasteiger partial charge in [0.15, 0.2) is 4.80 Å². The van der Waals surface area contributed by atoms with Crippen molar-refractivity contribution in [1.29, 1.82) is 0 Å². The molecule has 0 unspecified atom stereocenters. The molecule has 112 valence electrons. The average molecular weight is 371 g/mol. The summed E-state index contributed by atoms with van der Waals surface area (Å²) in [5, 5.41) is 0. The highest BCUT2D eigenvalue weighted by Gasteiger charge is 2.10. The normalized spacial score (nSPS) is 11.9. The first-order valence-corrected chi connectivity index (χ1v) is 8.09. The summed E-state index contributed by atoms with van der Waals surface area (Å²) in [7, 11) is 1.36. The number of hydrogen-bond acceptors (Lipinski definition) is 4. The number of amides is 1. The van der Waals surface area contributed by atoms with Gasteiger partial charge in [0.2, 0.25) is 5.91 Å². The molecule has 0 fully saturated rings. The summed E-state index contributed by atoms with van der Waals surface area (Å²) in [6.45, 7) is 2.21. The number of halogens is 1. The van der Waals surface area contributed by atoms with Crippen LogP contribution < -0.4 is 4.80 Å². The second-order valence-electron chi connectivity index (χ2n) is 4.33. The molecule has 2 rings (SSSR count). The van der Waals surface area contributed by atoms with Gasteiger partial charge < -0.3 is 9.30 Å². The quantitative estimate of drug-likeness (QED) is 0.777. The Labute approximate surface area is 134 Å². The van der Waals surface area contributed by atoms with Crippen LogP contribution in [0.2, 0.25) is 0 Å². The van der Waals surface area contributed by atoms with Crippen LogP contribution in [0.15, 0.2) is 27.7 Å². The molecule has 0 aliphatic rings. The molecule has 0 bridgehead atoms. The monoisotopic (exact) mass is 370 g/mol. The van der Waals surface area contributed by atoms with E-state index in [0.29, 0.717) is 17.8 Å². The summed E-state index contributed by atoms with van der Waals surface area (Å²) in [6, 6.07) is 5.85. The summed E-state index contributed by atoms with van der Waals surface area (Å²) in [6.07, 6.45) is 0.598. The van der Waals surface area contributed by atoms with E-state index in [1.165, 1.54) is 18.4 Å². The number of nitrogens with zero attached hydrogens (tertiary/aromatic N) is 2. The Morgan fingerprint density at radius 3 is 2.86 bits per heavy atom. The van der Waals surface area contributed by atoms with E-state index >= 15 is 0 Å². The molecule has 21 heavy (non-hydrogen) atoms. The van der Waals surface area contributed by atoms with Gasteiger partial charge in [-0.15, -0.1) is 0 Å². The van der Waals surface area contributed by atoms with E-state index in [9.17, 15) is 9.59 Å². The fourth-order valence-corrected chi connectivity index (χ4v) is 3.46. The van der Waals surface area contributed by atoms with Crippen molar-refractivity contribution in [2.45, 2.75) is 26.3 Å². The van der Waals surface area contributed by atoms with Crippen LogP contribution >= 0.6 is 27.3 Å². The molecule has 5 nitrogen and oxygen atoms in total. The number of rotatable bonds is 4. The molecular weight excluding hydrogens is 356 g/mol. The molecule has 0 atom stereocenters. The number of esters is 1. The fourth-order valence-electron chi connectivity index (χ4n) is 1.84. The van der Waals surface area contributed by atoms with Gasteiger partial charge in [0.05, 0.1) is 23.7 Å². The van der Waals surface area contributed by atoms with Gasteiger partial charge >= 0.3 is 5.97 Å². The molecule has 1 heterocycles. The maximum absolute atomic E-state index is 11.6. The molecule has 0 saturated heterocycles. The third-order valence-electron chi connectivity index (χ3n) is 2.93. The van der Waals surface area contributed by atoms with Crippen molar-refractivity contribution >= 4 is 49.4 Å². The lowest BCUT2D eigenvalue weighted by Gasteiger charge is -2.04.